The lowest BCUT2D eigenvalue weighted by Crippen LogP contribution is -2.56. The second-order valence-electron chi connectivity index (χ2n) is 8.34. The van der Waals surface area contributed by atoms with Gasteiger partial charge in [0.25, 0.3) is 5.91 Å². The minimum absolute atomic E-state index is 0. The topological polar surface area (TPSA) is 23.6 Å². The molecule has 1 aliphatic rings. The molecule has 0 spiro atoms. The van der Waals surface area contributed by atoms with Crippen LogP contribution in [-0.2, 0) is 24.9 Å². The van der Waals surface area contributed by atoms with E-state index in [1.54, 1.807) is 0 Å². The zero-order valence-corrected chi connectivity index (χ0v) is 20.4. The van der Waals surface area contributed by atoms with Crippen molar-refractivity contribution in [3.8, 4) is 0 Å². The molecule has 0 aromatic heterocycles. The number of carbonyl (C=O) groups is 1. The van der Waals surface area contributed by atoms with Gasteiger partial charge in [-0.1, -0.05) is 12.1 Å². The van der Waals surface area contributed by atoms with Crippen molar-refractivity contribution < 1.29 is 44.3 Å². The van der Waals surface area contributed by atoms with E-state index in [1.165, 1.54) is 12.1 Å². The first-order valence-corrected chi connectivity index (χ1v) is 11.2. The second kappa shape index (κ2) is 11.7. The van der Waals surface area contributed by atoms with Gasteiger partial charge in [-0.25, -0.2) is 0 Å². The van der Waals surface area contributed by atoms with Gasteiger partial charge < -0.3 is 4.90 Å². The first-order chi connectivity index (χ1) is 16.6. The van der Waals surface area contributed by atoms with Crippen LogP contribution in [0.4, 0.5) is 39.5 Å². The van der Waals surface area contributed by atoms with Gasteiger partial charge in [0.2, 0.25) is 0 Å². The van der Waals surface area contributed by atoms with E-state index < -0.39 is 52.7 Å². The molecule has 3 rings (SSSR count). The van der Waals surface area contributed by atoms with Gasteiger partial charge in [-0.2, -0.15) is 39.5 Å². The fourth-order valence-corrected chi connectivity index (χ4v) is 4.27. The van der Waals surface area contributed by atoms with Crippen LogP contribution in [0, 0.1) is 0 Å². The van der Waals surface area contributed by atoms with E-state index in [2.05, 4.69) is 0 Å². The number of amides is 1. The number of rotatable bonds is 5. The van der Waals surface area contributed by atoms with Crippen LogP contribution in [0.25, 0.3) is 0 Å². The zero-order chi connectivity index (χ0) is 26.9. The van der Waals surface area contributed by atoms with Crippen LogP contribution in [0.1, 0.15) is 32.6 Å². The minimum Gasteiger partial charge on any atom is -0.333 e. The third-order valence-corrected chi connectivity index (χ3v) is 5.98. The Kier molecular flexibility index (Phi) is 9.81. The number of piperazine rings is 1. The number of benzene rings is 2. The normalized spacial score (nSPS) is 17.5. The summed E-state index contributed by atoms with van der Waals surface area (Å²) >= 11 is 5.78. The molecule has 206 valence electrons. The third kappa shape index (κ3) is 7.90. The van der Waals surface area contributed by atoms with Gasteiger partial charge in [0.15, 0.2) is 0 Å². The van der Waals surface area contributed by atoms with E-state index in [4.69, 9.17) is 11.6 Å². The molecule has 0 N–H and O–H groups in total. The Balaban J connectivity index is 0.00000481. The highest BCUT2D eigenvalue weighted by molar-refractivity contribution is 6.18. The molecule has 1 aliphatic heterocycles. The Morgan fingerprint density at radius 1 is 0.811 bits per heavy atom. The van der Waals surface area contributed by atoms with Crippen molar-refractivity contribution in [1.82, 2.24) is 9.80 Å². The summed E-state index contributed by atoms with van der Waals surface area (Å²) in [5.41, 5.74) is -4.46. The molecule has 14 heteroatoms. The fourth-order valence-electron chi connectivity index (χ4n) is 4.03. The molecule has 1 atom stereocenters. The van der Waals surface area contributed by atoms with Gasteiger partial charge in [-0.05, 0) is 42.3 Å². The number of hydrogen-bond donors (Lipinski definition) is 0. The van der Waals surface area contributed by atoms with Gasteiger partial charge in [0.1, 0.15) is 0 Å². The molecule has 2 aromatic carbocycles. The van der Waals surface area contributed by atoms with Crippen molar-refractivity contribution >= 4 is 29.9 Å². The maximum Gasteiger partial charge on any atom is 0.416 e. The maximum atomic E-state index is 13.3. The minimum atomic E-state index is -5.12. The highest BCUT2D eigenvalue weighted by Gasteiger charge is 2.39. The molecule has 1 fully saturated rings. The Hall–Kier alpha value is -2.18. The first kappa shape index (κ1) is 31.0. The number of carbonyl (C=O) groups excluding carboxylic acids is 1. The summed E-state index contributed by atoms with van der Waals surface area (Å²) in [4.78, 5) is 16.2. The highest BCUT2D eigenvalue weighted by atomic mass is 35.5. The monoisotopic (exact) mass is 582 g/mol. The quantitative estimate of drug-likeness (QED) is 0.287. The van der Waals surface area contributed by atoms with E-state index in [9.17, 15) is 44.3 Å². The van der Waals surface area contributed by atoms with Crippen LogP contribution in [0.2, 0.25) is 0 Å². The third-order valence-electron chi connectivity index (χ3n) is 5.82. The predicted octanol–water partition coefficient (Wildman–Crippen LogP) is 6.77. The van der Waals surface area contributed by atoms with Gasteiger partial charge in [0, 0.05) is 43.7 Å². The molecule has 0 aliphatic carbocycles. The van der Waals surface area contributed by atoms with Gasteiger partial charge in [-0.15, -0.1) is 24.0 Å². The molecular weight excluding hydrogens is 562 g/mol. The summed E-state index contributed by atoms with van der Waals surface area (Å²) in [7, 11) is 0. The van der Waals surface area contributed by atoms with Crippen molar-refractivity contribution in [3.05, 3.63) is 70.3 Å². The summed E-state index contributed by atoms with van der Waals surface area (Å²) in [6, 6.07) is 4.13. The van der Waals surface area contributed by atoms with E-state index in [1.807, 2.05) is 4.90 Å². The smallest absolute Gasteiger partial charge is 0.333 e. The van der Waals surface area contributed by atoms with Crippen LogP contribution in [0.3, 0.4) is 0 Å². The van der Waals surface area contributed by atoms with Crippen molar-refractivity contribution in [1.29, 1.82) is 0 Å². The summed E-state index contributed by atoms with van der Waals surface area (Å²) in [6.07, 6.45) is -14.8. The van der Waals surface area contributed by atoms with Crippen molar-refractivity contribution in [2.24, 2.45) is 0 Å². The molecule has 0 radical (unpaired) electrons. The largest absolute Gasteiger partial charge is 0.416 e. The van der Waals surface area contributed by atoms with Crippen molar-refractivity contribution in [2.45, 2.75) is 31.0 Å². The second-order valence-corrected chi connectivity index (χ2v) is 8.71. The molecule has 3 nitrogen and oxygen atoms in total. The molecule has 1 heterocycles. The molecule has 1 amide bonds. The number of hydrogen-bond acceptors (Lipinski definition) is 2. The van der Waals surface area contributed by atoms with Crippen LogP contribution >= 0.6 is 24.0 Å². The Morgan fingerprint density at radius 2 is 1.32 bits per heavy atom. The Bertz CT molecular complexity index is 1040. The number of nitrogens with zero attached hydrogens (tertiary/aromatic N) is 2. The maximum absolute atomic E-state index is 13.3. The highest BCUT2D eigenvalue weighted by Crippen LogP contribution is 2.37. The fraction of sp³-hybridized carbons (Fsp3) is 0.435. The van der Waals surface area contributed by atoms with Crippen LogP contribution in [-0.4, -0.2) is 53.8 Å². The Morgan fingerprint density at radius 3 is 1.78 bits per heavy atom. The van der Waals surface area contributed by atoms with Crippen molar-refractivity contribution in [2.75, 3.05) is 32.1 Å². The summed E-state index contributed by atoms with van der Waals surface area (Å²) < 4.78 is 118. The molecule has 37 heavy (non-hydrogen) atoms. The number of alkyl halides is 10. The SMILES string of the molecule is Cl.O=C(c1cc(C(F)(F)F)cc(C(F)(F)F)c1)N1CCN(CCCl)C[C@H]1Cc1ccc(C(F)(F)F)cc1. The van der Waals surface area contributed by atoms with Crippen LogP contribution < -0.4 is 0 Å². The molecule has 0 saturated carbocycles. The van der Waals surface area contributed by atoms with Gasteiger partial charge >= 0.3 is 18.5 Å². The van der Waals surface area contributed by atoms with E-state index in [-0.39, 0.29) is 50.4 Å². The molecular formula is C23H21Cl2F9N2O. The zero-order valence-electron chi connectivity index (χ0n) is 18.9. The number of halogens is 11. The lowest BCUT2D eigenvalue weighted by molar-refractivity contribution is -0.143. The lowest BCUT2D eigenvalue weighted by Gasteiger charge is -2.41. The first-order valence-electron chi connectivity index (χ1n) is 10.6. The van der Waals surface area contributed by atoms with E-state index >= 15 is 0 Å². The summed E-state index contributed by atoms with van der Waals surface area (Å²) in [6.45, 7) is 0.852. The Labute approximate surface area is 217 Å². The molecule has 1 saturated heterocycles. The molecule has 0 bridgehead atoms. The van der Waals surface area contributed by atoms with Gasteiger partial charge in [-0.3, -0.25) is 9.69 Å². The lowest BCUT2D eigenvalue weighted by atomic mass is 9.98. The molecule has 0 unspecified atom stereocenters. The standard InChI is InChI=1S/C23H20ClF9N2O.ClH/c24-5-6-34-7-8-35(19(13-34)9-14-1-3-16(4-2-14)21(25,26)27)20(36)15-10-17(22(28,29)30)12-18(11-15)23(31,32)33;/h1-4,10-12,19H,5-9,13H2;1H/t19-;/m1./s1. The van der Waals surface area contributed by atoms with Crippen LogP contribution in [0.15, 0.2) is 42.5 Å². The summed E-state index contributed by atoms with van der Waals surface area (Å²) in [5.74, 6) is -0.794. The molecule has 2 aromatic rings. The van der Waals surface area contributed by atoms with Crippen LogP contribution in [0.5, 0.6) is 0 Å². The van der Waals surface area contributed by atoms with E-state index in [0.29, 0.717) is 24.2 Å². The average molecular weight is 583 g/mol. The average Bonchev–Trinajstić information content (AvgIpc) is 2.77. The van der Waals surface area contributed by atoms with Crippen molar-refractivity contribution in [3.63, 3.8) is 0 Å². The predicted molar refractivity (Wildman–Crippen MR) is 121 cm³/mol. The summed E-state index contributed by atoms with van der Waals surface area (Å²) in [5, 5.41) is 0. The van der Waals surface area contributed by atoms with E-state index in [0.717, 1.165) is 17.0 Å². The van der Waals surface area contributed by atoms with Gasteiger partial charge in [0.05, 0.1) is 16.7 Å².